The third-order valence-electron chi connectivity index (χ3n) is 4.87. The molecule has 0 spiro atoms. The van der Waals surface area contributed by atoms with Gasteiger partial charge in [-0.2, -0.15) is 5.10 Å². The second-order valence-corrected chi connectivity index (χ2v) is 7.01. The van der Waals surface area contributed by atoms with Crippen LogP contribution >= 0.6 is 0 Å². The van der Waals surface area contributed by atoms with Crippen LogP contribution in [-0.4, -0.2) is 45.5 Å². The van der Waals surface area contributed by atoms with E-state index in [1.165, 1.54) is 0 Å². The van der Waals surface area contributed by atoms with E-state index in [0.29, 0.717) is 38.3 Å². The first-order chi connectivity index (χ1) is 14.0. The summed E-state index contributed by atoms with van der Waals surface area (Å²) >= 11 is 0. The number of anilines is 1. The number of hydrogen-bond acceptors (Lipinski definition) is 4. The zero-order valence-corrected chi connectivity index (χ0v) is 16.2. The molecular weight excluding hydrogens is 370 g/mol. The van der Waals surface area contributed by atoms with Crippen LogP contribution < -0.4 is 11.1 Å². The average Bonchev–Trinajstić information content (AvgIpc) is 3.18. The lowest BCUT2D eigenvalue weighted by Gasteiger charge is -2.30. The van der Waals surface area contributed by atoms with E-state index in [-0.39, 0.29) is 24.2 Å². The number of amides is 3. The zero-order chi connectivity index (χ0) is 20.6. The molecule has 1 aliphatic heterocycles. The number of primary amides is 1. The number of aryl methyl sites for hydroxylation is 1. The van der Waals surface area contributed by atoms with E-state index in [1.807, 2.05) is 30.3 Å². The molecule has 8 heteroatoms. The van der Waals surface area contributed by atoms with Crippen LogP contribution in [0, 0.1) is 5.92 Å². The van der Waals surface area contributed by atoms with E-state index >= 15 is 0 Å². The van der Waals surface area contributed by atoms with Crippen LogP contribution in [0.25, 0.3) is 6.08 Å². The standard InChI is InChI=1S/C21H25N5O3/c22-18(27)10-14-26-15-11-19(24-26)23-21(29)17-8-12-25(13-9-17)20(28)7-6-16-4-2-1-3-5-16/h1-7,11,15,17H,8-10,12-14H2,(H2,22,27)(H,23,24,29)/b7-6+. The van der Waals surface area contributed by atoms with Gasteiger partial charge in [0.15, 0.2) is 5.82 Å². The number of carbonyl (C=O) groups excluding carboxylic acids is 3. The van der Waals surface area contributed by atoms with Crippen molar-refractivity contribution in [1.29, 1.82) is 0 Å². The quantitative estimate of drug-likeness (QED) is 0.695. The van der Waals surface area contributed by atoms with Crippen LogP contribution in [0.5, 0.6) is 0 Å². The molecule has 1 saturated heterocycles. The number of nitrogens with one attached hydrogen (secondary N) is 1. The Labute approximate surface area is 169 Å². The summed E-state index contributed by atoms with van der Waals surface area (Å²) in [6, 6.07) is 11.3. The Kier molecular flexibility index (Phi) is 6.78. The normalized spacial score (nSPS) is 14.8. The Morgan fingerprint density at radius 3 is 2.55 bits per heavy atom. The Balaban J connectivity index is 1.45. The van der Waals surface area contributed by atoms with Crippen LogP contribution in [0.3, 0.4) is 0 Å². The molecule has 0 unspecified atom stereocenters. The molecule has 2 heterocycles. The predicted octanol–water partition coefficient (Wildman–Crippen LogP) is 1.65. The van der Waals surface area contributed by atoms with Gasteiger partial charge in [-0.25, -0.2) is 0 Å². The van der Waals surface area contributed by atoms with Crippen molar-refractivity contribution >= 4 is 29.6 Å². The summed E-state index contributed by atoms with van der Waals surface area (Å²) in [5.41, 5.74) is 6.10. The third kappa shape index (κ3) is 6.03. The molecule has 3 rings (SSSR count). The van der Waals surface area contributed by atoms with Crippen LogP contribution in [0.1, 0.15) is 24.8 Å². The lowest BCUT2D eigenvalue weighted by Crippen LogP contribution is -2.40. The van der Waals surface area contributed by atoms with Gasteiger partial charge in [0.25, 0.3) is 0 Å². The summed E-state index contributed by atoms with van der Waals surface area (Å²) < 4.78 is 1.57. The Hall–Kier alpha value is -3.42. The van der Waals surface area contributed by atoms with Gasteiger partial charge in [0.1, 0.15) is 0 Å². The number of likely N-dealkylation sites (tertiary alicyclic amines) is 1. The van der Waals surface area contributed by atoms with Crippen molar-refractivity contribution in [1.82, 2.24) is 14.7 Å². The van der Waals surface area contributed by atoms with Gasteiger partial charge in [-0.3, -0.25) is 19.1 Å². The van der Waals surface area contributed by atoms with Gasteiger partial charge in [0, 0.05) is 50.3 Å². The topological polar surface area (TPSA) is 110 Å². The monoisotopic (exact) mass is 395 g/mol. The lowest BCUT2D eigenvalue weighted by molar-refractivity contribution is -0.130. The molecule has 3 N–H and O–H groups in total. The fraction of sp³-hybridized carbons (Fsp3) is 0.333. The van der Waals surface area contributed by atoms with E-state index in [4.69, 9.17) is 5.73 Å². The summed E-state index contributed by atoms with van der Waals surface area (Å²) in [5, 5.41) is 7.02. The van der Waals surface area contributed by atoms with Gasteiger partial charge < -0.3 is 16.0 Å². The fourth-order valence-corrected chi connectivity index (χ4v) is 3.21. The predicted molar refractivity (Wildman–Crippen MR) is 109 cm³/mol. The molecule has 8 nitrogen and oxygen atoms in total. The van der Waals surface area contributed by atoms with E-state index in [0.717, 1.165) is 5.56 Å². The molecule has 0 radical (unpaired) electrons. The molecule has 1 aromatic carbocycles. The fourth-order valence-electron chi connectivity index (χ4n) is 3.21. The van der Waals surface area contributed by atoms with Gasteiger partial charge in [-0.05, 0) is 24.5 Å². The largest absolute Gasteiger partial charge is 0.370 e. The van der Waals surface area contributed by atoms with Crippen LogP contribution in [0.2, 0.25) is 0 Å². The summed E-state index contributed by atoms with van der Waals surface area (Å²) in [5.74, 6) is -0.249. The number of aromatic nitrogens is 2. The van der Waals surface area contributed by atoms with Crippen molar-refractivity contribution in [2.75, 3.05) is 18.4 Å². The van der Waals surface area contributed by atoms with E-state index in [1.54, 1.807) is 34.0 Å². The van der Waals surface area contributed by atoms with Gasteiger partial charge in [0.2, 0.25) is 17.7 Å². The third-order valence-corrected chi connectivity index (χ3v) is 4.87. The smallest absolute Gasteiger partial charge is 0.246 e. The van der Waals surface area contributed by atoms with Gasteiger partial charge in [-0.15, -0.1) is 0 Å². The van der Waals surface area contributed by atoms with Gasteiger partial charge in [-0.1, -0.05) is 30.3 Å². The molecule has 3 amide bonds. The molecule has 0 atom stereocenters. The SMILES string of the molecule is NC(=O)CCn1ccc(NC(=O)C2CCN(C(=O)/C=C/c3ccccc3)CC2)n1. The first-order valence-electron chi connectivity index (χ1n) is 9.66. The molecular formula is C21H25N5O3. The van der Waals surface area contributed by atoms with Crippen molar-refractivity contribution in [2.45, 2.75) is 25.8 Å². The maximum absolute atomic E-state index is 12.5. The van der Waals surface area contributed by atoms with E-state index in [9.17, 15) is 14.4 Å². The van der Waals surface area contributed by atoms with E-state index in [2.05, 4.69) is 10.4 Å². The Morgan fingerprint density at radius 1 is 1.14 bits per heavy atom. The second kappa shape index (κ2) is 9.68. The first-order valence-corrected chi connectivity index (χ1v) is 9.66. The molecule has 1 aromatic heterocycles. The Morgan fingerprint density at radius 2 is 1.86 bits per heavy atom. The van der Waals surface area contributed by atoms with E-state index < -0.39 is 5.91 Å². The summed E-state index contributed by atoms with van der Waals surface area (Å²) in [6.07, 6.45) is 6.49. The number of benzene rings is 1. The van der Waals surface area contributed by atoms with Gasteiger partial charge in [0.05, 0.1) is 0 Å². The number of carbonyl (C=O) groups is 3. The summed E-state index contributed by atoms with van der Waals surface area (Å²) in [6.45, 7) is 1.47. The first kappa shape index (κ1) is 20.3. The van der Waals surface area contributed by atoms with Crippen LogP contribution in [0.15, 0.2) is 48.7 Å². The lowest BCUT2D eigenvalue weighted by atomic mass is 9.96. The molecule has 0 bridgehead atoms. The second-order valence-electron chi connectivity index (χ2n) is 7.01. The summed E-state index contributed by atoms with van der Waals surface area (Å²) in [7, 11) is 0. The highest BCUT2D eigenvalue weighted by Crippen LogP contribution is 2.19. The molecule has 29 heavy (non-hydrogen) atoms. The highest BCUT2D eigenvalue weighted by molar-refractivity contribution is 5.93. The maximum atomic E-state index is 12.5. The number of nitrogens with zero attached hydrogens (tertiary/aromatic N) is 3. The number of rotatable bonds is 7. The minimum Gasteiger partial charge on any atom is -0.370 e. The Bertz CT molecular complexity index is 883. The minimum absolute atomic E-state index is 0.0408. The molecule has 1 aliphatic rings. The molecule has 152 valence electrons. The highest BCUT2D eigenvalue weighted by atomic mass is 16.2. The molecule has 0 saturated carbocycles. The zero-order valence-electron chi connectivity index (χ0n) is 16.2. The van der Waals surface area contributed by atoms with Crippen molar-refractivity contribution in [3.05, 3.63) is 54.2 Å². The molecule has 2 aromatic rings. The molecule has 0 aliphatic carbocycles. The maximum Gasteiger partial charge on any atom is 0.246 e. The van der Waals surface area contributed by atoms with Crippen molar-refractivity contribution in [3.8, 4) is 0 Å². The minimum atomic E-state index is -0.397. The molecule has 1 fully saturated rings. The number of nitrogens with two attached hydrogens (primary N) is 1. The summed E-state index contributed by atoms with van der Waals surface area (Å²) in [4.78, 5) is 37.4. The van der Waals surface area contributed by atoms with Crippen molar-refractivity contribution in [2.24, 2.45) is 11.7 Å². The van der Waals surface area contributed by atoms with Crippen molar-refractivity contribution in [3.63, 3.8) is 0 Å². The highest BCUT2D eigenvalue weighted by Gasteiger charge is 2.27. The number of piperidine rings is 1. The number of hydrogen-bond donors (Lipinski definition) is 2. The van der Waals surface area contributed by atoms with Crippen LogP contribution in [-0.2, 0) is 20.9 Å². The van der Waals surface area contributed by atoms with Crippen LogP contribution in [0.4, 0.5) is 5.82 Å². The average molecular weight is 395 g/mol. The van der Waals surface area contributed by atoms with Crippen molar-refractivity contribution < 1.29 is 14.4 Å². The van der Waals surface area contributed by atoms with Gasteiger partial charge >= 0.3 is 0 Å².